The summed E-state index contributed by atoms with van der Waals surface area (Å²) in [6.45, 7) is 7.02. The molecule has 10 heteroatoms. The molecule has 0 radical (unpaired) electrons. The van der Waals surface area contributed by atoms with Crippen LogP contribution in [-0.4, -0.2) is 56.9 Å². The van der Waals surface area contributed by atoms with Gasteiger partial charge in [0, 0.05) is 14.1 Å². The van der Waals surface area contributed by atoms with Crippen molar-refractivity contribution in [2.75, 3.05) is 14.1 Å². The van der Waals surface area contributed by atoms with Crippen molar-refractivity contribution in [3.8, 4) is 0 Å². The second-order valence-corrected chi connectivity index (χ2v) is 8.87. The van der Waals surface area contributed by atoms with Crippen LogP contribution < -0.4 is 4.87 Å². The van der Waals surface area contributed by atoms with Crippen LogP contribution in [-0.2, 0) is 4.74 Å². The Morgan fingerprint density at radius 2 is 2.14 bits per heavy atom. The molecule has 152 valence electrons. The number of aromatic nitrogens is 3. The minimum absolute atomic E-state index is 0.169. The normalized spacial score (nSPS) is 23.0. The average Bonchev–Trinajstić information content (AvgIpc) is 3.11. The number of allylic oxidation sites excluding steroid dienone is 1. The molecule has 1 fully saturated rings. The summed E-state index contributed by atoms with van der Waals surface area (Å²) in [5.74, 6) is -0.971. The Bertz CT molecular complexity index is 963. The summed E-state index contributed by atoms with van der Waals surface area (Å²) in [4.78, 5) is 27.2. The van der Waals surface area contributed by atoms with Gasteiger partial charge < -0.3 is 14.7 Å². The van der Waals surface area contributed by atoms with Gasteiger partial charge in [0.2, 0.25) is 0 Å². The van der Waals surface area contributed by atoms with E-state index in [1.807, 2.05) is 20.2 Å². The highest BCUT2D eigenvalue weighted by atomic mass is 35.5. The third-order valence-corrected chi connectivity index (χ3v) is 5.76. The van der Waals surface area contributed by atoms with Crippen LogP contribution in [0.3, 0.4) is 0 Å². The Morgan fingerprint density at radius 3 is 2.75 bits per heavy atom. The van der Waals surface area contributed by atoms with Crippen LogP contribution in [0.5, 0.6) is 0 Å². The highest BCUT2D eigenvalue weighted by Gasteiger charge is 2.39. The fraction of sp³-hybridized carbons (Fsp3) is 0.556. The minimum Gasteiger partial charge on any atom is -0.369 e. The Balaban J connectivity index is 2.11. The third kappa shape index (κ3) is 4.43. The Kier molecular flexibility index (Phi) is 5.90. The molecule has 3 rings (SSSR count). The number of halogens is 1. The first-order valence-electron chi connectivity index (χ1n) is 8.91. The quantitative estimate of drug-likeness (QED) is 0.251. The van der Waals surface area contributed by atoms with E-state index < -0.39 is 5.79 Å². The van der Waals surface area contributed by atoms with Crippen LogP contribution in [0.25, 0.3) is 10.3 Å². The Labute approximate surface area is 172 Å². The molecule has 0 amide bonds. The zero-order valence-corrected chi connectivity index (χ0v) is 17.9. The van der Waals surface area contributed by atoms with E-state index in [-0.39, 0.29) is 34.0 Å². The summed E-state index contributed by atoms with van der Waals surface area (Å²) in [6.07, 6.45) is 4.38. The molecule has 28 heavy (non-hydrogen) atoms. The fourth-order valence-electron chi connectivity index (χ4n) is 3.37. The van der Waals surface area contributed by atoms with Crippen molar-refractivity contribution in [1.82, 2.24) is 19.4 Å². The van der Waals surface area contributed by atoms with Crippen molar-refractivity contribution in [2.45, 2.75) is 44.6 Å². The first-order valence-corrected chi connectivity index (χ1v) is 10.1. The van der Waals surface area contributed by atoms with Crippen LogP contribution >= 0.6 is 22.9 Å². The predicted octanol–water partition coefficient (Wildman–Crippen LogP) is 2.98. The number of aliphatic imine (C=N–C) groups is 1. The number of hydrogen-bond acceptors (Lipinski definition) is 7. The van der Waals surface area contributed by atoms with Crippen molar-refractivity contribution >= 4 is 45.6 Å². The predicted molar refractivity (Wildman–Crippen MR) is 112 cm³/mol. The van der Waals surface area contributed by atoms with Crippen molar-refractivity contribution in [3.63, 3.8) is 0 Å². The first kappa shape index (κ1) is 20.9. The van der Waals surface area contributed by atoms with E-state index in [0.717, 1.165) is 11.3 Å². The summed E-state index contributed by atoms with van der Waals surface area (Å²) < 4.78 is 7.96. The molecule has 0 aromatic carbocycles. The summed E-state index contributed by atoms with van der Waals surface area (Å²) in [7, 11) is 3.66. The molecule has 0 aliphatic heterocycles. The number of fused-ring (bicyclic) bond motifs is 1. The van der Waals surface area contributed by atoms with Crippen molar-refractivity contribution in [3.05, 3.63) is 27.5 Å². The smallest absolute Gasteiger partial charge is 0.309 e. The molecule has 0 bridgehead atoms. The minimum atomic E-state index is -1.32. The van der Waals surface area contributed by atoms with Gasteiger partial charge in [0.15, 0.2) is 16.6 Å². The average molecular weight is 426 g/mol. The molecule has 1 aliphatic rings. The molecule has 3 atom stereocenters. The number of rotatable bonds is 6. The molecule has 1 saturated carbocycles. The van der Waals surface area contributed by atoms with E-state index >= 15 is 0 Å². The summed E-state index contributed by atoms with van der Waals surface area (Å²) in [5.41, 5.74) is 0.431. The molecule has 1 unspecified atom stereocenters. The van der Waals surface area contributed by atoms with Gasteiger partial charge in [0.25, 0.3) is 5.95 Å². The maximum absolute atomic E-state index is 12.8. The molecule has 1 aliphatic carbocycles. The monoisotopic (exact) mass is 425 g/mol. The lowest BCUT2D eigenvalue weighted by Gasteiger charge is -2.28. The van der Waals surface area contributed by atoms with Crippen molar-refractivity contribution < 1.29 is 9.84 Å². The number of ether oxygens (including phenoxy) is 1. The summed E-state index contributed by atoms with van der Waals surface area (Å²) in [5, 5.41) is 10.3. The number of nitrogens with zero attached hydrogens (tertiary/aromatic N) is 5. The van der Waals surface area contributed by atoms with Crippen LogP contribution in [0, 0.1) is 5.92 Å². The highest BCUT2D eigenvalue weighted by molar-refractivity contribution is 7.17. The second-order valence-electron chi connectivity index (χ2n) is 7.55. The maximum atomic E-state index is 12.8. The van der Waals surface area contributed by atoms with E-state index in [0.29, 0.717) is 23.2 Å². The van der Waals surface area contributed by atoms with Crippen LogP contribution in [0.1, 0.15) is 32.7 Å². The van der Waals surface area contributed by atoms with E-state index in [4.69, 9.17) is 16.3 Å². The summed E-state index contributed by atoms with van der Waals surface area (Å²) in [6, 6.07) is -0.299. The zero-order valence-electron chi connectivity index (χ0n) is 16.3. The second kappa shape index (κ2) is 7.90. The molecule has 2 aromatic heterocycles. The lowest BCUT2D eigenvalue weighted by molar-refractivity contribution is -0.210. The molecule has 0 saturated heterocycles. The van der Waals surface area contributed by atoms with E-state index in [2.05, 4.69) is 21.5 Å². The van der Waals surface area contributed by atoms with Crippen LogP contribution in [0.15, 0.2) is 22.4 Å². The SMILES string of the molecule is C=C[C@@H]1CC(OC(C)(C)O)[C@H](n2c(=O)sc3c(Cl)nc(/N=C/N(C)C)nc32)C1. The number of aliphatic hydroxyl groups is 1. The molecular formula is C18H24ClN5O3S. The van der Waals surface area contributed by atoms with Gasteiger partial charge in [-0.25, -0.2) is 4.99 Å². The Morgan fingerprint density at radius 1 is 1.43 bits per heavy atom. The highest BCUT2D eigenvalue weighted by Crippen LogP contribution is 2.40. The Hall–Kier alpha value is -1.81. The zero-order chi connectivity index (χ0) is 20.6. The largest absolute Gasteiger partial charge is 0.369 e. The lowest BCUT2D eigenvalue weighted by atomic mass is 10.1. The van der Waals surface area contributed by atoms with Crippen LogP contribution in [0.4, 0.5) is 5.95 Å². The first-order chi connectivity index (χ1) is 13.1. The molecule has 8 nitrogen and oxygen atoms in total. The van der Waals surface area contributed by atoms with Crippen molar-refractivity contribution in [2.24, 2.45) is 10.9 Å². The van der Waals surface area contributed by atoms with Gasteiger partial charge in [-0.3, -0.25) is 9.36 Å². The molecular weight excluding hydrogens is 402 g/mol. The van der Waals surface area contributed by atoms with E-state index in [1.54, 1.807) is 29.7 Å². The van der Waals surface area contributed by atoms with Gasteiger partial charge in [-0.05, 0) is 32.6 Å². The van der Waals surface area contributed by atoms with Crippen LogP contribution in [0.2, 0.25) is 5.15 Å². The van der Waals surface area contributed by atoms with Gasteiger partial charge in [-0.1, -0.05) is 29.0 Å². The molecule has 0 spiro atoms. The van der Waals surface area contributed by atoms with E-state index in [1.165, 1.54) is 0 Å². The van der Waals surface area contributed by atoms with Gasteiger partial charge in [-0.15, -0.1) is 6.58 Å². The van der Waals surface area contributed by atoms with E-state index in [9.17, 15) is 9.90 Å². The van der Waals surface area contributed by atoms with Gasteiger partial charge >= 0.3 is 4.87 Å². The number of hydrogen-bond donors (Lipinski definition) is 1. The topological polar surface area (TPSA) is 92.8 Å². The molecule has 1 N–H and O–H groups in total. The maximum Gasteiger partial charge on any atom is 0.309 e. The van der Waals surface area contributed by atoms with Crippen molar-refractivity contribution in [1.29, 1.82) is 0 Å². The van der Waals surface area contributed by atoms with Gasteiger partial charge in [-0.2, -0.15) is 9.97 Å². The molecule has 2 aromatic rings. The molecule has 2 heterocycles. The van der Waals surface area contributed by atoms with Gasteiger partial charge in [0.05, 0.1) is 18.5 Å². The summed E-state index contributed by atoms with van der Waals surface area (Å²) >= 11 is 7.30. The lowest BCUT2D eigenvalue weighted by Crippen LogP contribution is -2.35. The standard InChI is InChI=1S/C18H24ClN5O3S/c1-6-10-7-11(12(8-10)27-18(2,3)26)24-15-13(28-17(24)25)14(19)21-16(22-15)20-9-23(4)5/h6,9-12,26H,1,7-8H2,2-5H3/b20-9+/t10-,11+,12?/m0/s1. The van der Waals surface area contributed by atoms with Gasteiger partial charge in [0.1, 0.15) is 4.70 Å². The third-order valence-electron chi connectivity index (χ3n) is 4.43. The fourth-order valence-corrected chi connectivity index (χ4v) is 4.50. The number of thiazole rings is 1.